The lowest BCUT2D eigenvalue weighted by atomic mass is 10.1. The molecule has 0 bridgehead atoms. The Bertz CT molecular complexity index is 1120. The average molecular weight is 625 g/mol. The van der Waals surface area contributed by atoms with Crippen LogP contribution < -0.4 is 16.0 Å². The van der Waals surface area contributed by atoms with E-state index in [0.29, 0.717) is 5.75 Å². The topological polar surface area (TPSA) is 160 Å². The molecule has 210 valence electrons. The van der Waals surface area contributed by atoms with Crippen LogP contribution in [0, 0.1) is 0 Å². The Morgan fingerprint density at radius 3 is 2.28 bits per heavy atom. The number of benzene rings is 2. The number of alkyl carbamates (subject to hydrolysis) is 1. The van der Waals surface area contributed by atoms with Crippen LogP contribution in [0.2, 0.25) is 0 Å². The number of thioether (sulfide) groups is 1. The fourth-order valence-electron chi connectivity index (χ4n) is 3.12. The Kier molecular flexibility index (Phi) is 13.9. The van der Waals surface area contributed by atoms with E-state index in [0.717, 1.165) is 15.6 Å². The number of carboxylic acids is 1. The number of rotatable bonds is 15. The highest BCUT2D eigenvalue weighted by Gasteiger charge is 2.25. The molecule has 0 aliphatic carbocycles. The van der Waals surface area contributed by atoms with Gasteiger partial charge in [0.15, 0.2) is 0 Å². The molecule has 2 aromatic carbocycles. The van der Waals surface area contributed by atoms with Crippen molar-refractivity contribution >= 4 is 57.5 Å². The molecule has 2 atom stereocenters. The summed E-state index contributed by atoms with van der Waals surface area (Å²) in [6.45, 7) is -0.408. The average Bonchev–Trinajstić information content (AvgIpc) is 2.93. The van der Waals surface area contributed by atoms with Crippen molar-refractivity contribution in [3.63, 3.8) is 0 Å². The highest BCUT2D eigenvalue weighted by atomic mass is 79.9. The van der Waals surface area contributed by atoms with E-state index in [1.807, 2.05) is 30.3 Å². The van der Waals surface area contributed by atoms with Crippen LogP contribution in [0.25, 0.3) is 0 Å². The van der Waals surface area contributed by atoms with Crippen molar-refractivity contribution in [1.82, 2.24) is 16.0 Å². The zero-order valence-corrected chi connectivity index (χ0v) is 23.6. The summed E-state index contributed by atoms with van der Waals surface area (Å²) >= 11 is 4.77. The van der Waals surface area contributed by atoms with Gasteiger partial charge >= 0.3 is 18.0 Å². The quantitative estimate of drug-likeness (QED) is 0.219. The normalized spacial score (nSPS) is 11.9. The standard InChI is InChI=1S/C26H30BrN3O8S/c1-37-23(32)13-28-24(33)21(16-39-15-18-7-9-19(27)10-8-18)29-22(31)12-11-20(25(34)35)30-26(36)38-14-17-5-3-2-4-6-17/h2-10,20-21H,11-16H2,1H3,(H,28,33)(H,29,31)(H,30,36)(H,34,35)/t20-,21-/m0/s1. The predicted molar refractivity (Wildman–Crippen MR) is 148 cm³/mol. The van der Waals surface area contributed by atoms with Gasteiger partial charge in [-0.2, -0.15) is 11.8 Å². The summed E-state index contributed by atoms with van der Waals surface area (Å²) in [5.41, 5.74) is 1.74. The van der Waals surface area contributed by atoms with Crippen molar-refractivity contribution in [2.75, 3.05) is 19.4 Å². The lowest BCUT2D eigenvalue weighted by molar-refractivity contribution is -0.141. The summed E-state index contributed by atoms with van der Waals surface area (Å²) < 4.78 is 10.5. The Morgan fingerprint density at radius 1 is 0.949 bits per heavy atom. The van der Waals surface area contributed by atoms with E-state index in [-0.39, 0.29) is 31.7 Å². The molecule has 0 fully saturated rings. The second kappa shape index (κ2) is 17.1. The molecular weight excluding hydrogens is 594 g/mol. The molecule has 2 aromatic rings. The second-order valence-electron chi connectivity index (χ2n) is 8.19. The van der Waals surface area contributed by atoms with Gasteiger partial charge in [-0.05, 0) is 29.7 Å². The zero-order chi connectivity index (χ0) is 28.6. The predicted octanol–water partition coefficient (Wildman–Crippen LogP) is 2.62. The Hall–Kier alpha value is -3.58. The van der Waals surface area contributed by atoms with Crippen LogP contribution in [0.1, 0.15) is 24.0 Å². The van der Waals surface area contributed by atoms with Crippen molar-refractivity contribution < 1.29 is 38.6 Å². The Labute approximate surface area is 238 Å². The van der Waals surface area contributed by atoms with Gasteiger partial charge < -0.3 is 30.5 Å². The molecule has 0 unspecified atom stereocenters. The number of hydrogen-bond acceptors (Lipinski definition) is 8. The minimum Gasteiger partial charge on any atom is -0.480 e. The van der Waals surface area contributed by atoms with Crippen LogP contribution >= 0.6 is 27.7 Å². The number of ether oxygens (including phenoxy) is 2. The van der Waals surface area contributed by atoms with Crippen LogP contribution in [-0.2, 0) is 41.0 Å². The third kappa shape index (κ3) is 12.7. The maximum absolute atomic E-state index is 12.6. The number of esters is 1. The molecule has 0 saturated carbocycles. The molecule has 4 N–H and O–H groups in total. The maximum Gasteiger partial charge on any atom is 0.408 e. The van der Waals surface area contributed by atoms with E-state index >= 15 is 0 Å². The molecule has 3 amide bonds. The van der Waals surface area contributed by atoms with Crippen LogP contribution in [-0.4, -0.2) is 66.4 Å². The molecular formula is C26H30BrN3O8S. The third-order valence-electron chi connectivity index (χ3n) is 5.22. The molecule has 0 aromatic heterocycles. The van der Waals surface area contributed by atoms with Crippen molar-refractivity contribution in [3.8, 4) is 0 Å². The Balaban J connectivity index is 1.89. The monoisotopic (exact) mass is 623 g/mol. The van der Waals surface area contributed by atoms with Gasteiger partial charge in [0.2, 0.25) is 11.8 Å². The second-order valence-corrected chi connectivity index (χ2v) is 10.1. The first-order chi connectivity index (χ1) is 18.7. The van der Waals surface area contributed by atoms with Gasteiger partial charge in [0.1, 0.15) is 25.2 Å². The number of amides is 3. The van der Waals surface area contributed by atoms with E-state index in [1.54, 1.807) is 24.3 Å². The van der Waals surface area contributed by atoms with Gasteiger partial charge in [-0.3, -0.25) is 14.4 Å². The number of nitrogens with one attached hydrogen (secondary N) is 3. The number of hydrogen-bond donors (Lipinski definition) is 4. The highest BCUT2D eigenvalue weighted by Crippen LogP contribution is 2.17. The van der Waals surface area contributed by atoms with E-state index in [2.05, 4.69) is 36.6 Å². The zero-order valence-electron chi connectivity index (χ0n) is 21.2. The number of halogens is 1. The van der Waals surface area contributed by atoms with E-state index in [4.69, 9.17) is 4.74 Å². The van der Waals surface area contributed by atoms with Gasteiger partial charge in [0, 0.05) is 22.4 Å². The molecule has 11 nitrogen and oxygen atoms in total. The number of carbonyl (C=O) groups excluding carboxylic acids is 4. The minimum absolute atomic E-state index is 0.0419. The molecule has 39 heavy (non-hydrogen) atoms. The summed E-state index contributed by atoms with van der Waals surface area (Å²) in [6.07, 6.45) is -1.45. The Morgan fingerprint density at radius 2 is 1.64 bits per heavy atom. The summed E-state index contributed by atoms with van der Waals surface area (Å²) in [6, 6.07) is 14.1. The van der Waals surface area contributed by atoms with Gasteiger partial charge in [-0.15, -0.1) is 0 Å². The van der Waals surface area contributed by atoms with Crippen molar-refractivity contribution in [3.05, 3.63) is 70.2 Å². The number of carboxylic acid groups (broad SMARTS) is 1. The first-order valence-corrected chi connectivity index (χ1v) is 13.8. The fraction of sp³-hybridized carbons (Fsp3) is 0.346. The summed E-state index contributed by atoms with van der Waals surface area (Å²) in [4.78, 5) is 60.3. The first kappa shape index (κ1) is 31.6. The largest absolute Gasteiger partial charge is 0.480 e. The van der Waals surface area contributed by atoms with Gasteiger partial charge in [0.25, 0.3) is 0 Å². The minimum atomic E-state index is -1.38. The molecule has 0 heterocycles. The smallest absolute Gasteiger partial charge is 0.408 e. The molecule has 0 aliphatic heterocycles. The maximum atomic E-state index is 12.6. The number of carbonyl (C=O) groups is 5. The lowest BCUT2D eigenvalue weighted by Crippen LogP contribution is -2.50. The van der Waals surface area contributed by atoms with Gasteiger partial charge in [-0.1, -0.05) is 58.4 Å². The van der Waals surface area contributed by atoms with Crippen LogP contribution in [0.5, 0.6) is 0 Å². The third-order valence-corrected chi connectivity index (χ3v) is 6.85. The summed E-state index contributed by atoms with van der Waals surface area (Å²) in [5, 5.41) is 16.7. The number of aliphatic carboxylic acids is 1. The molecule has 0 radical (unpaired) electrons. The van der Waals surface area contributed by atoms with E-state index in [1.165, 1.54) is 18.9 Å². The molecule has 0 saturated heterocycles. The SMILES string of the molecule is COC(=O)CNC(=O)[C@H](CSCc1ccc(Br)cc1)NC(=O)CC[C@H](NC(=O)OCc1ccccc1)C(=O)O. The van der Waals surface area contributed by atoms with E-state index < -0.39 is 41.9 Å². The van der Waals surface area contributed by atoms with Crippen LogP contribution in [0.4, 0.5) is 4.79 Å². The molecule has 2 rings (SSSR count). The molecule has 0 aliphatic rings. The van der Waals surface area contributed by atoms with Crippen molar-refractivity contribution in [1.29, 1.82) is 0 Å². The van der Waals surface area contributed by atoms with Gasteiger partial charge in [-0.25, -0.2) is 9.59 Å². The number of methoxy groups -OCH3 is 1. The molecule has 0 spiro atoms. The van der Waals surface area contributed by atoms with Crippen LogP contribution in [0.15, 0.2) is 59.1 Å². The fourth-order valence-corrected chi connectivity index (χ4v) is 4.40. The highest BCUT2D eigenvalue weighted by molar-refractivity contribution is 9.10. The summed E-state index contributed by atoms with van der Waals surface area (Å²) in [7, 11) is 1.19. The summed E-state index contributed by atoms with van der Waals surface area (Å²) in [5.74, 6) is -2.40. The lowest BCUT2D eigenvalue weighted by Gasteiger charge is -2.19. The van der Waals surface area contributed by atoms with Crippen molar-refractivity contribution in [2.24, 2.45) is 0 Å². The molecule has 13 heteroatoms. The first-order valence-electron chi connectivity index (χ1n) is 11.8. The van der Waals surface area contributed by atoms with Crippen LogP contribution in [0.3, 0.4) is 0 Å². The van der Waals surface area contributed by atoms with E-state index in [9.17, 15) is 29.1 Å². The van der Waals surface area contributed by atoms with Crippen molar-refractivity contribution in [2.45, 2.75) is 37.3 Å². The van der Waals surface area contributed by atoms with Gasteiger partial charge in [0.05, 0.1) is 7.11 Å².